The molecule has 0 aliphatic carbocycles. The minimum atomic E-state index is -0.665. The highest BCUT2D eigenvalue weighted by Crippen LogP contribution is 2.17. The number of aliphatic hydroxyl groups is 2. The van der Waals surface area contributed by atoms with Crippen LogP contribution < -0.4 is 5.32 Å². The Hall–Kier alpha value is -1.92. The first-order valence-corrected chi connectivity index (χ1v) is 31.7. The van der Waals surface area contributed by atoms with Crippen LogP contribution in [0.3, 0.4) is 0 Å². The molecule has 1 amide bonds. The lowest BCUT2D eigenvalue weighted by atomic mass is 10.0. The van der Waals surface area contributed by atoms with Crippen molar-refractivity contribution in [2.45, 2.75) is 353 Å². The molecule has 0 fully saturated rings. The lowest BCUT2D eigenvalue weighted by Crippen LogP contribution is -2.45. The maximum atomic E-state index is 12.5. The van der Waals surface area contributed by atoms with E-state index in [9.17, 15) is 19.8 Å². The second kappa shape index (κ2) is 60.6. The average Bonchev–Trinajstić information content (AvgIpc) is 3.37. The molecule has 0 saturated carbocycles. The molecule has 0 aliphatic heterocycles. The maximum absolute atomic E-state index is 12.5. The summed E-state index contributed by atoms with van der Waals surface area (Å²) in [6.07, 6.45) is 75.9. The third-order valence-electron chi connectivity index (χ3n) is 14.7. The molecular weight excluding hydrogens is 875 g/mol. The molecule has 0 aliphatic rings. The molecule has 0 aromatic carbocycles. The Balaban J connectivity index is 3.38. The van der Waals surface area contributed by atoms with E-state index in [1.54, 1.807) is 0 Å². The topological polar surface area (TPSA) is 95.9 Å². The second-order valence-corrected chi connectivity index (χ2v) is 21.7. The first-order valence-electron chi connectivity index (χ1n) is 31.7. The van der Waals surface area contributed by atoms with Crippen LogP contribution in [0.25, 0.3) is 0 Å². The van der Waals surface area contributed by atoms with Crippen LogP contribution in [0.1, 0.15) is 341 Å². The molecule has 0 saturated heterocycles. The molecule has 0 rings (SSSR count). The number of aliphatic hydroxyl groups excluding tert-OH is 2. The van der Waals surface area contributed by atoms with Gasteiger partial charge in [0.1, 0.15) is 0 Å². The number of esters is 1. The summed E-state index contributed by atoms with van der Waals surface area (Å²) in [6, 6.07) is -0.542. The van der Waals surface area contributed by atoms with E-state index in [0.717, 1.165) is 51.4 Å². The van der Waals surface area contributed by atoms with E-state index >= 15 is 0 Å². The van der Waals surface area contributed by atoms with Gasteiger partial charge in [0.15, 0.2) is 0 Å². The number of hydrogen-bond acceptors (Lipinski definition) is 5. The van der Waals surface area contributed by atoms with Crippen LogP contribution in [0.2, 0.25) is 0 Å². The fraction of sp³-hybridized carbons (Fsp3) is 0.877. The van der Waals surface area contributed by atoms with Crippen LogP contribution in [-0.4, -0.2) is 47.4 Å². The van der Waals surface area contributed by atoms with Gasteiger partial charge >= 0.3 is 5.97 Å². The maximum Gasteiger partial charge on any atom is 0.305 e. The summed E-state index contributed by atoms with van der Waals surface area (Å²) in [7, 11) is 0. The van der Waals surface area contributed by atoms with E-state index in [0.29, 0.717) is 25.9 Å². The minimum absolute atomic E-state index is 0.000317. The van der Waals surface area contributed by atoms with Gasteiger partial charge in [-0.15, -0.1) is 0 Å². The highest BCUT2D eigenvalue weighted by molar-refractivity contribution is 5.76. The Morgan fingerprint density at radius 2 is 0.704 bits per heavy atom. The monoisotopic (exact) mass is 998 g/mol. The van der Waals surface area contributed by atoms with E-state index in [1.807, 2.05) is 0 Å². The van der Waals surface area contributed by atoms with Crippen LogP contribution in [0, 0.1) is 0 Å². The Morgan fingerprint density at radius 3 is 1.11 bits per heavy atom. The van der Waals surface area contributed by atoms with E-state index < -0.39 is 12.1 Å². The van der Waals surface area contributed by atoms with Crippen LogP contribution >= 0.6 is 0 Å². The van der Waals surface area contributed by atoms with Crippen LogP contribution in [-0.2, 0) is 14.3 Å². The first-order chi connectivity index (χ1) is 35.0. The SMILES string of the molecule is CCCCC/C=C\C/C=C\CCCCCCCC(=O)OCCCCCCCCCCCCCC/C=C\CCCCCCCCCCCCC(=O)NC(CO)C(O)CCCCCCCCCCCCCCC. The summed E-state index contributed by atoms with van der Waals surface area (Å²) in [4.78, 5) is 24.5. The molecule has 71 heavy (non-hydrogen) atoms. The number of hydrogen-bond donors (Lipinski definition) is 3. The van der Waals surface area contributed by atoms with Crippen molar-refractivity contribution in [1.82, 2.24) is 5.32 Å². The van der Waals surface area contributed by atoms with E-state index in [2.05, 4.69) is 55.6 Å². The number of ether oxygens (including phenoxy) is 1. The van der Waals surface area contributed by atoms with Gasteiger partial charge in [0, 0.05) is 12.8 Å². The Morgan fingerprint density at radius 1 is 0.394 bits per heavy atom. The summed E-state index contributed by atoms with van der Waals surface area (Å²) < 4.78 is 5.48. The predicted octanol–water partition coefficient (Wildman–Crippen LogP) is 20.0. The molecule has 0 spiro atoms. The fourth-order valence-corrected chi connectivity index (χ4v) is 9.78. The van der Waals surface area contributed by atoms with Gasteiger partial charge in [-0.25, -0.2) is 0 Å². The standard InChI is InChI=1S/C65H123NO5/c1-3-5-7-9-11-13-15-17-30-35-39-43-47-51-55-59-65(70)71-60-56-52-48-44-40-36-32-29-27-25-23-21-19-18-20-22-24-26-28-31-34-38-42-46-50-54-58-64(69)66-62(61-67)63(68)57-53-49-45-41-37-33-16-14-12-10-8-6-4-2/h11,13,17-18,20,30,62-63,67-68H,3-10,12,14-16,19,21-29,31-61H2,1-2H3,(H,66,69)/b13-11-,20-18-,30-17-. The number of allylic oxidation sites excluding steroid dienone is 6. The van der Waals surface area contributed by atoms with Crippen molar-refractivity contribution in [3.8, 4) is 0 Å². The number of unbranched alkanes of at least 4 members (excludes halogenated alkanes) is 42. The zero-order valence-corrected chi connectivity index (χ0v) is 47.7. The van der Waals surface area contributed by atoms with Gasteiger partial charge in [-0.05, 0) is 83.5 Å². The number of carbonyl (C=O) groups excluding carboxylic acids is 2. The van der Waals surface area contributed by atoms with Gasteiger partial charge in [-0.2, -0.15) is 0 Å². The minimum Gasteiger partial charge on any atom is -0.466 e. The highest BCUT2D eigenvalue weighted by atomic mass is 16.5. The summed E-state index contributed by atoms with van der Waals surface area (Å²) in [5, 5.41) is 23.3. The van der Waals surface area contributed by atoms with E-state index in [1.165, 1.54) is 257 Å². The molecule has 0 heterocycles. The summed E-state index contributed by atoms with van der Waals surface area (Å²) in [5.41, 5.74) is 0. The van der Waals surface area contributed by atoms with Crippen molar-refractivity contribution in [2.24, 2.45) is 0 Å². The van der Waals surface area contributed by atoms with Crippen LogP contribution in [0.15, 0.2) is 36.5 Å². The van der Waals surface area contributed by atoms with Gasteiger partial charge in [-0.1, -0.05) is 281 Å². The van der Waals surface area contributed by atoms with Gasteiger partial charge in [0.2, 0.25) is 5.91 Å². The third kappa shape index (κ3) is 57.2. The molecule has 0 aromatic heterocycles. The Labute approximate surface area is 443 Å². The first kappa shape index (κ1) is 69.1. The number of nitrogens with one attached hydrogen (secondary N) is 1. The van der Waals surface area contributed by atoms with Crippen molar-refractivity contribution in [1.29, 1.82) is 0 Å². The molecule has 0 aromatic rings. The summed E-state index contributed by atoms with van der Waals surface area (Å²) in [6.45, 7) is 4.93. The van der Waals surface area contributed by atoms with Crippen molar-refractivity contribution < 1.29 is 24.5 Å². The molecule has 418 valence electrons. The Bertz CT molecular complexity index is 1150. The lowest BCUT2D eigenvalue weighted by Gasteiger charge is -2.22. The lowest BCUT2D eigenvalue weighted by molar-refractivity contribution is -0.143. The van der Waals surface area contributed by atoms with Crippen LogP contribution in [0.4, 0.5) is 0 Å². The van der Waals surface area contributed by atoms with Gasteiger partial charge < -0.3 is 20.3 Å². The van der Waals surface area contributed by atoms with Gasteiger partial charge in [-0.3, -0.25) is 9.59 Å². The molecule has 2 unspecified atom stereocenters. The molecule has 0 bridgehead atoms. The molecular formula is C65H123NO5. The van der Waals surface area contributed by atoms with Crippen molar-refractivity contribution >= 4 is 11.9 Å². The van der Waals surface area contributed by atoms with Crippen LogP contribution in [0.5, 0.6) is 0 Å². The van der Waals surface area contributed by atoms with Crippen molar-refractivity contribution in [3.63, 3.8) is 0 Å². The fourth-order valence-electron chi connectivity index (χ4n) is 9.78. The van der Waals surface area contributed by atoms with Gasteiger partial charge in [0.05, 0.1) is 25.4 Å². The molecule has 2 atom stereocenters. The van der Waals surface area contributed by atoms with E-state index in [-0.39, 0.29) is 18.5 Å². The molecule has 6 heteroatoms. The highest BCUT2D eigenvalue weighted by Gasteiger charge is 2.20. The van der Waals surface area contributed by atoms with Crippen molar-refractivity contribution in [2.75, 3.05) is 13.2 Å². The second-order valence-electron chi connectivity index (χ2n) is 21.7. The normalized spacial score (nSPS) is 12.8. The molecule has 0 radical (unpaired) electrons. The van der Waals surface area contributed by atoms with Crippen molar-refractivity contribution in [3.05, 3.63) is 36.5 Å². The van der Waals surface area contributed by atoms with Gasteiger partial charge in [0.25, 0.3) is 0 Å². The number of carbonyl (C=O) groups is 2. The van der Waals surface area contributed by atoms with E-state index in [4.69, 9.17) is 4.74 Å². The predicted molar refractivity (Wildman–Crippen MR) is 310 cm³/mol. The summed E-state index contributed by atoms with van der Waals surface area (Å²) >= 11 is 0. The zero-order valence-electron chi connectivity index (χ0n) is 47.7. The third-order valence-corrected chi connectivity index (χ3v) is 14.7. The smallest absolute Gasteiger partial charge is 0.305 e. The quantitative estimate of drug-likeness (QED) is 0.0321. The zero-order chi connectivity index (χ0) is 51.4. The molecule has 6 nitrogen and oxygen atoms in total. The Kier molecular flexibility index (Phi) is 59.0. The number of amides is 1. The average molecular weight is 999 g/mol. The summed E-state index contributed by atoms with van der Waals surface area (Å²) in [5.74, 6) is -0.0358. The number of rotatable bonds is 59. The largest absolute Gasteiger partial charge is 0.466 e. The molecule has 3 N–H and O–H groups in total.